The van der Waals surface area contributed by atoms with Gasteiger partial charge >= 0.3 is 30.8 Å². The number of nitrogen functional groups attached to an aromatic ring is 2. The molecule has 2 aliphatic heterocycles. The normalized spacial score (nSPS) is 29.1. The Bertz CT molecular complexity index is 2340. The van der Waals surface area contributed by atoms with Gasteiger partial charge < -0.3 is 60.4 Å². The molecule has 33 heteroatoms. The second kappa shape index (κ2) is 15.9. The lowest BCUT2D eigenvalue weighted by Gasteiger charge is -2.26. The molecule has 0 radical (unpaired) electrons. The number of nitrogens with two attached hydrogens (primary N) is 2. The molecule has 310 valence electrons. The Labute approximate surface area is 311 Å². The van der Waals surface area contributed by atoms with Crippen molar-refractivity contribution >= 4 is 64.9 Å². The van der Waals surface area contributed by atoms with Gasteiger partial charge in [-0.15, -0.1) is 0 Å². The maximum absolute atomic E-state index is 13.4. The summed E-state index contributed by atoms with van der Waals surface area (Å²) in [5.41, 5.74) is 10.7. The van der Waals surface area contributed by atoms with Crippen LogP contribution < -0.4 is 17.0 Å². The molecule has 0 bridgehead atoms. The zero-order valence-electron chi connectivity index (χ0n) is 28.3. The van der Waals surface area contributed by atoms with Crippen molar-refractivity contribution < 1.29 is 85.0 Å². The predicted molar refractivity (Wildman–Crippen MR) is 182 cm³/mol. The number of phosphoric acid groups is 2. The van der Waals surface area contributed by atoms with Crippen LogP contribution in [0.15, 0.2) is 23.8 Å². The number of phosphoric ester groups is 2. The number of nitrogens with one attached hydrogen (secondary N) is 1. The topological polar surface area (TPSA) is 434 Å². The van der Waals surface area contributed by atoms with Crippen molar-refractivity contribution in [3.8, 4) is 0 Å². The molecule has 56 heavy (non-hydrogen) atoms. The molecule has 6 rings (SSSR count). The van der Waals surface area contributed by atoms with Gasteiger partial charge in [-0.05, 0) is 0 Å². The Morgan fingerprint density at radius 2 is 1.43 bits per heavy atom. The predicted octanol–water partition coefficient (Wildman–Crippen LogP) is -2.35. The van der Waals surface area contributed by atoms with Gasteiger partial charge in [0.2, 0.25) is 5.95 Å². The Kier molecular flexibility index (Phi) is 12.1. The summed E-state index contributed by atoms with van der Waals surface area (Å²) in [6, 6.07) is 0. The standard InChI is InChI=1S/C23H34N10O19P4/c1-46-16-15(51-55(42,43)47-4-9-13(34)14(35)21(49-9)33-8-29-12-19(33)30-23(25)31-20(12)36)10(5-48-56(44,45)52-54(40,41)3-2-53(37,38)39)50-22(16)32-7-28-11-17(24)26-6-27-18(11)32/h6-10,13-16,21-22,34-35H,2-5H2,1H3,(H,40,41)(H,42,43)(H,44,45)(H2,24,26,27)(H2,37,38,39)(H3,25,30,31,36)/t9-,10?,13-,14-,15-,16-,21-,22-/m1/s1. The lowest BCUT2D eigenvalue weighted by atomic mass is 10.1. The average molecular weight is 878 g/mol. The summed E-state index contributed by atoms with van der Waals surface area (Å²) < 4.78 is 88.7. The van der Waals surface area contributed by atoms with E-state index in [9.17, 15) is 47.9 Å². The van der Waals surface area contributed by atoms with Crippen molar-refractivity contribution in [1.29, 1.82) is 0 Å². The largest absolute Gasteiger partial charge is 0.479 e. The number of ether oxygens (including phenoxy) is 3. The molecule has 2 fully saturated rings. The van der Waals surface area contributed by atoms with Gasteiger partial charge in [-0.1, -0.05) is 0 Å². The van der Waals surface area contributed by atoms with Gasteiger partial charge in [0, 0.05) is 7.11 Å². The van der Waals surface area contributed by atoms with Crippen molar-refractivity contribution in [2.24, 2.45) is 0 Å². The summed E-state index contributed by atoms with van der Waals surface area (Å²) in [5.74, 6) is -0.322. The number of rotatable bonds is 16. The third kappa shape index (κ3) is 9.26. The summed E-state index contributed by atoms with van der Waals surface area (Å²) >= 11 is 0. The van der Waals surface area contributed by atoms with Crippen LogP contribution in [0.5, 0.6) is 0 Å². The highest BCUT2D eigenvalue weighted by molar-refractivity contribution is 7.64. The van der Waals surface area contributed by atoms with Crippen LogP contribution in [-0.4, -0.2) is 143 Å². The number of aliphatic hydroxyl groups excluding tert-OH is 2. The number of hydrogen-bond donors (Lipinski definition) is 10. The highest BCUT2D eigenvalue weighted by atomic mass is 31.3. The number of fused-ring (bicyclic) bond motifs is 2. The van der Waals surface area contributed by atoms with Crippen molar-refractivity contribution in [2.75, 3.05) is 44.1 Å². The molecule has 12 N–H and O–H groups in total. The summed E-state index contributed by atoms with van der Waals surface area (Å²) in [5, 5.41) is 21.5. The van der Waals surface area contributed by atoms with E-state index in [-0.39, 0.29) is 34.1 Å². The zero-order chi connectivity index (χ0) is 41.0. The first-order valence-electron chi connectivity index (χ1n) is 15.6. The molecule has 4 aromatic heterocycles. The third-order valence-corrected chi connectivity index (χ3v) is 13.5. The van der Waals surface area contributed by atoms with Gasteiger partial charge in [0.05, 0.1) is 38.2 Å². The number of aromatic nitrogens is 8. The minimum atomic E-state index is -5.53. The van der Waals surface area contributed by atoms with E-state index >= 15 is 0 Å². The van der Waals surface area contributed by atoms with Crippen LogP contribution in [0.4, 0.5) is 11.8 Å². The zero-order valence-corrected chi connectivity index (χ0v) is 31.9. The number of nitrogens with zero attached hydrogens (tertiary/aromatic N) is 7. The Hall–Kier alpha value is -3.14. The van der Waals surface area contributed by atoms with E-state index < -0.39 is 111 Å². The number of hydrogen-bond acceptors (Lipinski definition) is 21. The van der Waals surface area contributed by atoms with Gasteiger partial charge in [-0.3, -0.25) is 41.6 Å². The van der Waals surface area contributed by atoms with Crippen LogP contribution in [0.2, 0.25) is 0 Å². The van der Waals surface area contributed by atoms with Gasteiger partial charge in [-0.25, -0.2) is 33.4 Å². The van der Waals surface area contributed by atoms with E-state index in [0.29, 0.717) is 0 Å². The first-order chi connectivity index (χ1) is 26.1. The molecule has 6 heterocycles. The minimum Gasteiger partial charge on any atom is -0.387 e. The number of anilines is 2. The summed E-state index contributed by atoms with van der Waals surface area (Å²) in [6.45, 7) is -2.00. The van der Waals surface area contributed by atoms with Crippen LogP contribution >= 0.6 is 30.8 Å². The van der Waals surface area contributed by atoms with Crippen LogP contribution in [0, 0.1) is 0 Å². The highest BCUT2D eigenvalue weighted by Crippen LogP contribution is 2.61. The molecule has 11 atom stereocenters. The van der Waals surface area contributed by atoms with Gasteiger partial charge in [0.15, 0.2) is 35.1 Å². The maximum Gasteiger partial charge on any atom is 0.479 e. The molecule has 4 aromatic rings. The van der Waals surface area contributed by atoms with Gasteiger partial charge in [0.1, 0.15) is 48.5 Å². The van der Waals surface area contributed by atoms with E-state index in [2.05, 4.69) is 34.2 Å². The molecule has 29 nitrogen and oxygen atoms in total. The van der Waals surface area contributed by atoms with E-state index in [0.717, 1.165) is 24.3 Å². The number of aromatic amines is 1. The molecule has 0 spiro atoms. The number of imidazole rings is 2. The summed E-state index contributed by atoms with van der Waals surface area (Å²) in [4.78, 5) is 83.4. The van der Waals surface area contributed by atoms with E-state index in [1.54, 1.807) is 0 Å². The Balaban J connectivity index is 1.20. The fourth-order valence-corrected chi connectivity index (χ4v) is 10.9. The van der Waals surface area contributed by atoms with Crippen molar-refractivity contribution in [3.05, 3.63) is 29.3 Å². The first kappa shape index (κ1) is 42.5. The second-order valence-corrected chi connectivity index (χ2v) is 18.9. The van der Waals surface area contributed by atoms with Crippen molar-refractivity contribution in [3.63, 3.8) is 0 Å². The molecule has 0 aromatic carbocycles. The first-order valence-corrected chi connectivity index (χ1v) is 22.2. The smallest absolute Gasteiger partial charge is 0.387 e. The molecule has 0 aliphatic carbocycles. The van der Waals surface area contributed by atoms with Crippen LogP contribution in [0.1, 0.15) is 12.5 Å². The molecular weight excluding hydrogens is 844 g/mol. The third-order valence-electron chi connectivity index (χ3n) is 8.24. The van der Waals surface area contributed by atoms with E-state index in [1.165, 1.54) is 10.9 Å². The summed E-state index contributed by atoms with van der Waals surface area (Å²) in [7, 11) is -19.7. The molecule has 4 unspecified atom stereocenters. The van der Waals surface area contributed by atoms with Crippen molar-refractivity contribution in [2.45, 2.75) is 49.1 Å². The van der Waals surface area contributed by atoms with Gasteiger partial charge in [0.25, 0.3) is 5.56 Å². The summed E-state index contributed by atoms with van der Waals surface area (Å²) in [6.07, 6.45) is -11.7. The lowest BCUT2D eigenvalue weighted by Crippen LogP contribution is -2.38. The quantitative estimate of drug-likeness (QED) is 0.0527. The van der Waals surface area contributed by atoms with E-state index in [1.807, 2.05) is 0 Å². The van der Waals surface area contributed by atoms with Crippen molar-refractivity contribution in [1.82, 2.24) is 39.0 Å². The monoisotopic (exact) mass is 878 g/mol. The number of methoxy groups -OCH3 is 1. The molecule has 2 saturated heterocycles. The molecule has 2 aliphatic rings. The number of aliphatic hydroxyl groups is 2. The average Bonchev–Trinajstić information content (AvgIpc) is 3.86. The fraction of sp³-hybridized carbons (Fsp3) is 0.565. The van der Waals surface area contributed by atoms with Gasteiger partial charge in [-0.2, -0.15) is 4.98 Å². The van der Waals surface area contributed by atoms with Crippen LogP contribution in [-0.2, 0) is 50.4 Å². The second-order valence-electron chi connectivity index (χ2n) is 12.1. The van der Waals surface area contributed by atoms with Crippen LogP contribution in [0.3, 0.4) is 0 Å². The molecule has 0 saturated carbocycles. The number of H-pyrrole nitrogens is 1. The SMILES string of the molecule is CO[C@@H]1[C@H](OP(=O)(O)OC[C@H]2O[C@@H](n3cnc4c(=O)[nH]c(N)nc43)[C@H](O)[C@@H]2O)C(COP(=O)(O)OP(=O)(O)CCP(=O)(O)O)O[C@H]1n1cnc2c(N)ncnc21. The maximum atomic E-state index is 13.4. The Morgan fingerprint density at radius 1 is 0.804 bits per heavy atom. The lowest BCUT2D eigenvalue weighted by molar-refractivity contribution is -0.0581. The van der Waals surface area contributed by atoms with E-state index in [4.69, 9.17) is 49.0 Å². The highest BCUT2D eigenvalue weighted by Gasteiger charge is 2.52. The minimum absolute atomic E-state index is 0.0360. The fourth-order valence-electron chi connectivity index (χ4n) is 5.73. The van der Waals surface area contributed by atoms with Crippen LogP contribution in [0.25, 0.3) is 22.3 Å². The molecular formula is C23H34N10O19P4. The Morgan fingerprint density at radius 3 is 2.11 bits per heavy atom. The molecule has 0 amide bonds.